The van der Waals surface area contributed by atoms with Gasteiger partial charge in [-0.1, -0.05) is 46.3 Å². The van der Waals surface area contributed by atoms with Gasteiger partial charge in [0.1, 0.15) is 0 Å². The van der Waals surface area contributed by atoms with Gasteiger partial charge in [-0.3, -0.25) is 0 Å². The van der Waals surface area contributed by atoms with E-state index in [0.717, 1.165) is 16.5 Å². The number of aliphatic hydroxyl groups is 1. The highest BCUT2D eigenvalue weighted by Gasteiger charge is 2.06. The quantitative estimate of drug-likeness (QED) is 0.695. The Morgan fingerprint density at radius 2 is 1.79 bits per heavy atom. The molecule has 2 aromatic rings. The van der Waals surface area contributed by atoms with E-state index < -0.39 is 12.8 Å². The molecule has 0 saturated carbocycles. The van der Waals surface area contributed by atoms with Crippen LogP contribution >= 0.6 is 15.9 Å². The summed E-state index contributed by atoms with van der Waals surface area (Å²) in [6.07, 6.45) is 0.788. The van der Waals surface area contributed by atoms with Crippen LogP contribution in [0.3, 0.4) is 0 Å². The summed E-state index contributed by atoms with van der Waals surface area (Å²) in [5.74, 6) is -0.519. The normalized spacial score (nSPS) is 10.2. The lowest BCUT2D eigenvalue weighted by atomic mass is 10.0. The smallest absolute Gasteiger partial charge is 0.340 e. The monoisotopic (exact) mass is 320 g/mol. The first kappa shape index (κ1) is 13.8. The molecule has 0 aliphatic carbocycles. The molecule has 1 N–H and O–H groups in total. The Morgan fingerprint density at radius 1 is 1.11 bits per heavy atom. The van der Waals surface area contributed by atoms with Crippen LogP contribution in [0.5, 0.6) is 0 Å². The van der Waals surface area contributed by atoms with Crippen LogP contribution in [0, 0.1) is 0 Å². The Labute approximate surface area is 120 Å². The molecule has 0 amide bonds. The van der Waals surface area contributed by atoms with Crippen LogP contribution < -0.4 is 0 Å². The molecule has 4 heteroatoms. The van der Waals surface area contributed by atoms with E-state index in [1.807, 2.05) is 30.3 Å². The second kappa shape index (κ2) is 6.50. The maximum absolute atomic E-state index is 11.4. The average molecular weight is 321 g/mol. The fraction of sp³-hybridized carbons (Fsp3) is 0.133. The third-order valence-corrected chi connectivity index (χ3v) is 3.51. The van der Waals surface area contributed by atoms with Gasteiger partial charge < -0.3 is 9.84 Å². The Kier molecular flexibility index (Phi) is 4.71. The zero-order chi connectivity index (χ0) is 13.7. The summed E-state index contributed by atoms with van der Waals surface area (Å²) in [5.41, 5.74) is 2.73. The van der Waals surface area contributed by atoms with Crippen molar-refractivity contribution in [1.82, 2.24) is 0 Å². The number of halogens is 1. The second-order valence-electron chi connectivity index (χ2n) is 4.03. The summed E-state index contributed by atoms with van der Waals surface area (Å²) in [4.78, 5) is 11.4. The Balaban J connectivity index is 2.11. The molecule has 2 rings (SSSR count). The zero-order valence-corrected chi connectivity index (χ0v) is 11.8. The number of hydrogen-bond donors (Lipinski definition) is 1. The summed E-state index contributed by atoms with van der Waals surface area (Å²) in [7, 11) is 0. The third kappa shape index (κ3) is 3.66. The molecule has 0 bridgehead atoms. The summed E-state index contributed by atoms with van der Waals surface area (Å²) in [6, 6.07) is 15.2. The number of ether oxygens (including phenoxy) is 1. The lowest BCUT2D eigenvalue weighted by molar-refractivity contribution is 0.00684. The van der Waals surface area contributed by atoms with E-state index in [1.165, 1.54) is 5.56 Å². The fourth-order valence-electron chi connectivity index (χ4n) is 1.76. The summed E-state index contributed by atoms with van der Waals surface area (Å²) in [5, 5.41) is 8.53. The van der Waals surface area contributed by atoms with Crippen LogP contribution in [0.1, 0.15) is 21.5 Å². The van der Waals surface area contributed by atoms with E-state index in [4.69, 9.17) is 5.11 Å². The summed E-state index contributed by atoms with van der Waals surface area (Å²) in [6.45, 7) is -0.600. The molecule has 0 radical (unpaired) electrons. The topological polar surface area (TPSA) is 46.5 Å². The molecule has 98 valence electrons. The van der Waals surface area contributed by atoms with Gasteiger partial charge in [-0.2, -0.15) is 0 Å². The van der Waals surface area contributed by atoms with Gasteiger partial charge >= 0.3 is 5.97 Å². The second-order valence-corrected chi connectivity index (χ2v) is 4.88. The molecule has 2 aromatic carbocycles. The highest BCUT2D eigenvalue weighted by atomic mass is 79.9. The predicted molar refractivity (Wildman–Crippen MR) is 75.9 cm³/mol. The minimum Gasteiger partial charge on any atom is -0.435 e. The average Bonchev–Trinajstić information content (AvgIpc) is 2.42. The molecule has 0 spiro atoms. The van der Waals surface area contributed by atoms with E-state index in [2.05, 4.69) is 26.7 Å². The highest BCUT2D eigenvalue weighted by molar-refractivity contribution is 9.10. The predicted octanol–water partition coefficient (Wildman–Crippen LogP) is 3.15. The van der Waals surface area contributed by atoms with Crippen molar-refractivity contribution in [3.8, 4) is 0 Å². The molecule has 0 saturated heterocycles. The van der Waals surface area contributed by atoms with E-state index >= 15 is 0 Å². The van der Waals surface area contributed by atoms with Crippen LogP contribution in [0.4, 0.5) is 0 Å². The van der Waals surface area contributed by atoms with E-state index in [1.54, 1.807) is 12.1 Å². The largest absolute Gasteiger partial charge is 0.435 e. The van der Waals surface area contributed by atoms with Crippen molar-refractivity contribution in [1.29, 1.82) is 0 Å². The molecule has 0 unspecified atom stereocenters. The van der Waals surface area contributed by atoms with Crippen LogP contribution in [0.2, 0.25) is 0 Å². The van der Waals surface area contributed by atoms with E-state index in [9.17, 15) is 4.79 Å². The lowest BCUT2D eigenvalue weighted by Gasteiger charge is -2.06. The minimum atomic E-state index is -0.600. The molecule has 0 atom stereocenters. The van der Waals surface area contributed by atoms with Gasteiger partial charge in [-0.15, -0.1) is 0 Å². The number of carbonyl (C=O) groups is 1. The van der Waals surface area contributed by atoms with Crippen LogP contribution in [-0.4, -0.2) is 17.9 Å². The van der Waals surface area contributed by atoms with Gasteiger partial charge in [-0.05, 0) is 35.7 Å². The summed E-state index contributed by atoms with van der Waals surface area (Å²) < 4.78 is 5.58. The molecular weight excluding hydrogens is 308 g/mol. The lowest BCUT2D eigenvalue weighted by Crippen LogP contribution is -2.05. The molecular formula is C15H13BrO3. The van der Waals surface area contributed by atoms with Crippen molar-refractivity contribution in [2.75, 3.05) is 6.79 Å². The van der Waals surface area contributed by atoms with E-state index in [0.29, 0.717) is 5.56 Å². The molecule has 0 aliphatic heterocycles. The number of carbonyl (C=O) groups excluding carboxylic acids is 1. The van der Waals surface area contributed by atoms with Gasteiger partial charge in [0.05, 0.1) is 5.56 Å². The standard InChI is InChI=1S/C15H13BrO3/c16-14-4-2-1-3-13(14)9-11-5-7-12(8-6-11)15(18)19-10-17/h1-8,17H,9-10H2. The third-order valence-electron chi connectivity index (χ3n) is 2.74. The van der Waals surface area contributed by atoms with Crippen molar-refractivity contribution >= 4 is 21.9 Å². The Hall–Kier alpha value is -1.65. The first-order valence-electron chi connectivity index (χ1n) is 5.81. The van der Waals surface area contributed by atoms with Crippen molar-refractivity contribution in [3.63, 3.8) is 0 Å². The van der Waals surface area contributed by atoms with Crippen molar-refractivity contribution in [2.45, 2.75) is 6.42 Å². The Morgan fingerprint density at radius 3 is 2.42 bits per heavy atom. The summed E-state index contributed by atoms with van der Waals surface area (Å²) >= 11 is 3.51. The van der Waals surface area contributed by atoms with Gasteiger partial charge in [0.2, 0.25) is 0 Å². The number of esters is 1. The number of hydrogen-bond acceptors (Lipinski definition) is 3. The number of rotatable bonds is 4. The SMILES string of the molecule is O=C(OCO)c1ccc(Cc2ccccc2Br)cc1. The van der Waals surface area contributed by atoms with Gasteiger partial charge in [0.25, 0.3) is 0 Å². The molecule has 19 heavy (non-hydrogen) atoms. The Bertz CT molecular complexity index is 564. The molecule has 0 heterocycles. The maximum Gasteiger partial charge on any atom is 0.340 e. The molecule has 3 nitrogen and oxygen atoms in total. The highest BCUT2D eigenvalue weighted by Crippen LogP contribution is 2.19. The maximum atomic E-state index is 11.4. The number of benzene rings is 2. The fourth-order valence-corrected chi connectivity index (χ4v) is 2.19. The van der Waals surface area contributed by atoms with Crippen molar-refractivity contribution < 1.29 is 14.6 Å². The first-order chi connectivity index (χ1) is 9.20. The van der Waals surface area contributed by atoms with Crippen molar-refractivity contribution in [2.24, 2.45) is 0 Å². The van der Waals surface area contributed by atoms with Gasteiger partial charge in [-0.25, -0.2) is 4.79 Å². The van der Waals surface area contributed by atoms with E-state index in [-0.39, 0.29) is 0 Å². The minimum absolute atomic E-state index is 0.435. The van der Waals surface area contributed by atoms with Gasteiger partial charge in [0, 0.05) is 4.47 Å². The van der Waals surface area contributed by atoms with Crippen LogP contribution in [0.15, 0.2) is 53.0 Å². The first-order valence-corrected chi connectivity index (χ1v) is 6.60. The zero-order valence-electron chi connectivity index (χ0n) is 10.2. The number of aliphatic hydroxyl groups excluding tert-OH is 1. The van der Waals surface area contributed by atoms with Gasteiger partial charge in [0.15, 0.2) is 6.79 Å². The molecule has 0 fully saturated rings. The molecule has 0 aliphatic rings. The van der Waals surface area contributed by atoms with Crippen molar-refractivity contribution in [3.05, 3.63) is 69.7 Å². The molecule has 0 aromatic heterocycles. The van der Waals surface area contributed by atoms with Crippen LogP contribution in [0.25, 0.3) is 0 Å². The van der Waals surface area contributed by atoms with Crippen LogP contribution in [-0.2, 0) is 11.2 Å².